The maximum atomic E-state index is 12.8. The molecule has 1 fully saturated rings. The fourth-order valence-electron chi connectivity index (χ4n) is 4.66. The van der Waals surface area contributed by atoms with E-state index in [0.717, 1.165) is 31.2 Å². The normalized spacial score (nSPS) is 20.8. The van der Waals surface area contributed by atoms with Crippen molar-refractivity contribution in [3.63, 3.8) is 0 Å². The van der Waals surface area contributed by atoms with E-state index in [2.05, 4.69) is 22.2 Å². The molecule has 1 heterocycles. The minimum Gasteiger partial charge on any atom is -0.503 e. The zero-order valence-corrected chi connectivity index (χ0v) is 20.6. The lowest BCUT2D eigenvalue weighted by atomic mass is 9.82. The molecule has 186 valence electrons. The second kappa shape index (κ2) is 10.6. The Morgan fingerprint density at radius 3 is 2.34 bits per heavy atom. The van der Waals surface area contributed by atoms with Crippen molar-refractivity contribution in [1.82, 2.24) is 14.9 Å². The fraction of sp³-hybridized carbons (Fsp3) is 0.385. The van der Waals surface area contributed by atoms with Crippen molar-refractivity contribution in [2.75, 3.05) is 19.6 Å². The van der Waals surface area contributed by atoms with Gasteiger partial charge in [0.15, 0.2) is 5.76 Å². The van der Waals surface area contributed by atoms with Gasteiger partial charge in [0.1, 0.15) is 0 Å². The molecule has 0 radical (unpaired) electrons. The molecule has 0 spiro atoms. The molecule has 2 amide bonds. The van der Waals surface area contributed by atoms with E-state index < -0.39 is 27.6 Å². The number of sulfonamides is 1. The number of carbonyl (C=O) groups is 2. The maximum Gasteiger partial charge on any atom is 0.289 e. The topological polar surface area (TPSA) is 116 Å². The number of carbonyl (C=O) groups excluding carboxylic acids is 2. The second-order valence-corrected chi connectivity index (χ2v) is 11.0. The third-order valence-electron chi connectivity index (χ3n) is 6.74. The highest BCUT2D eigenvalue weighted by atomic mass is 32.2. The number of aliphatic hydroxyl groups is 1. The summed E-state index contributed by atoms with van der Waals surface area (Å²) in [6, 6.07) is 16.8. The van der Waals surface area contributed by atoms with Crippen LogP contribution in [0.3, 0.4) is 0 Å². The summed E-state index contributed by atoms with van der Waals surface area (Å²) in [5, 5.41) is 13.2. The first-order valence-electron chi connectivity index (χ1n) is 11.9. The van der Waals surface area contributed by atoms with Crippen LogP contribution < -0.4 is 10.0 Å². The molecule has 3 N–H and O–H groups in total. The van der Waals surface area contributed by atoms with Crippen molar-refractivity contribution < 1.29 is 23.1 Å². The quantitative estimate of drug-likeness (QED) is 0.519. The Labute approximate surface area is 206 Å². The van der Waals surface area contributed by atoms with Gasteiger partial charge >= 0.3 is 0 Å². The highest BCUT2D eigenvalue weighted by molar-refractivity contribution is 7.89. The monoisotopic (exact) mass is 497 g/mol. The second-order valence-electron chi connectivity index (χ2n) is 9.20. The molecule has 2 aromatic carbocycles. The van der Waals surface area contributed by atoms with Gasteiger partial charge in [0.05, 0.1) is 17.0 Å². The zero-order valence-electron chi connectivity index (χ0n) is 19.7. The molecule has 1 saturated carbocycles. The van der Waals surface area contributed by atoms with Gasteiger partial charge < -0.3 is 15.3 Å². The van der Waals surface area contributed by atoms with Crippen molar-refractivity contribution in [2.45, 2.75) is 49.5 Å². The summed E-state index contributed by atoms with van der Waals surface area (Å²) in [6.07, 6.45) is 3.59. The number of nitrogens with zero attached hydrogens (tertiary/aromatic N) is 1. The lowest BCUT2D eigenvalue weighted by molar-refractivity contribution is -0.127. The molecule has 35 heavy (non-hydrogen) atoms. The van der Waals surface area contributed by atoms with Gasteiger partial charge in [-0.05, 0) is 56.2 Å². The number of rotatable bonds is 8. The third-order valence-corrected chi connectivity index (χ3v) is 8.21. The van der Waals surface area contributed by atoms with Crippen LogP contribution in [-0.4, -0.2) is 55.9 Å². The van der Waals surface area contributed by atoms with E-state index in [4.69, 9.17) is 0 Å². The summed E-state index contributed by atoms with van der Waals surface area (Å²) in [6.45, 7) is 1.81. The molecule has 0 aromatic heterocycles. The highest BCUT2D eigenvalue weighted by Gasteiger charge is 2.35. The summed E-state index contributed by atoms with van der Waals surface area (Å²) in [5.74, 6) is -1.20. The van der Waals surface area contributed by atoms with Gasteiger partial charge in [-0.2, -0.15) is 0 Å². The Kier molecular flexibility index (Phi) is 7.57. The van der Waals surface area contributed by atoms with Crippen LogP contribution in [0.25, 0.3) is 0 Å². The van der Waals surface area contributed by atoms with Crippen LogP contribution in [0.4, 0.5) is 0 Å². The Morgan fingerprint density at radius 2 is 1.69 bits per heavy atom. The van der Waals surface area contributed by atoms with Gasteiger partial charge in [-0.3, -0.25) is 9.59 Å². The molecule has 1 aliphatic heterocycles. The maximum absolute atomic E-state index is 12.8. The fourth-order valence-corrected chi connectivity index (χ4v) is 5.68. The van der Waals surface area contributed by atoms with Gasteiger partial charge in [0.25, 0.3) is 11.8 Å². The molecule has 2 aliphatic rings. The first-order valence-corrected chi connectivity index (χ1v) is 13.4. The van der Waals surface area contributed by atoms with Crippen molar-refractivity contribution in [3.05, 3.63) is 77.1 Å². The Balaban J connectivity index is 1.26. The molecule has 8 nitrogen and oxygen atoms in total. The summed E-state index contributed by atoms with van der Waals surface area (Å²) in [4.78, 5) is 26.6. The predicted octanol–water partition coefficient (Wildman–Crippen LogP) is 2.77. The average molecular weight is 498 g/mol. The summed E-state index contributed by atoms with van der Waals surface area (Å²) >= 11 is 0. The first-order chi connectivity index (χ1) is 16.7. The molecule has 0 atom stereocenters. The van der Waals surface area contributed by atoms with Gasteiger partial charge in [-0.25, -0.2) is 13.1 Å². The van der Waals surface area contributed by atoms with Gasteiger partial charge in [-0.1, -0.05) is 48.0 Å². The minimum atomic E-state index is -3.72. The molecule has 4 rings (SSSR count). The number of amides is 2. The van der Waals surface area contributed by atoms with E-state index in [9.17, 15) is 23.1 Å². The SMILES string of the molecule is Cc1ccc(S(=O)(=O)NCCN2CC(C(=O)NC3CCC(c4ccccc4)CC3)=C(O)C2=O)cc1. The van der Waals surface area contributed by atoms with E-state index >= 15 is 0 Å². The smallest absolute Gasteiger partial charge is 0.289 e. The van der Waals surface area contributed by atoms with Crippen molar-refractivity contribution in [1.29, 1.82) is 0 Å². The van der Waals surface area contributed by atoms with Gasteiger partial charge in [-0.15, -0.1) is 0 Å². The van der Waals surface area contributed by atoms with Crippen LogP contribution >= 0.6 is 0 Å². The summed E-state index contributed by atoms with van der Waals surface area (Å²) in [5.41, 5.74) is 2.29. The summed E-state index contributed by atoms with van der Waals surface area (Å²) in [7, 11) is -3.72. The molecule has 2 aromatic rings. The van der Waals surface area contributed by atoms with Crippen molar-refractivity contribution >= 4 is 21.8 Å². The molecular weight excluding hydrogens is 466 g/mol. The van der Waals surface area contributed by atoms with Gasteiger partial charge in [0.2, 0.25) is 10.0 Å². The predicted molar refractivity (Wildman–Crippen MR) is 132 cm³/mol. The molecule has 0 saturated heterocycles. The third kappa shape index (κ3) is 5.91. The molecule has 0 unspecified atom stereocenters. The van der Waals surface area contributed by atoms with Crippen LogP contribution in [0.1, 0.15) is 42.7 Å². The van der Waals surface area contributed by atoms with E-state index in [0.29, 0.717) is 5.92 Å². The zero-order chi connectivity index (χ0) is 25.0. The number of nitrogens with one attached hydrogen (secondary N) is 2. The largest absolute Gasteiger partial charge is 0.503 e. The van der Waals surface area contributed by atoms with Crippen molar-refractivity contribution in [2.24, 2.45) is 0 Å². The molecule has 9 heteroatoms. The van der Waals surface area contributed by atoms with Crippen LogP contribution in [0.15, 0.2) is 70.8 Å². The number of aryl methyl sites for hydroxylation is 1. The van der Waals surface area contributed by atoms with Crippen LogP contribution in [0.5, 0.6) is 0 Å². The Hall–Kier alpha value is -3.17. The Morgan fingerprint density at radius 1 is 1.03 bits per heavy atom. The molecular formula is C26H31N3O5S. The summed E-state index contributed by atoms with van der Waals surface area (Å²) < 4.78 is 27.3. The van der Waals surface area contributed by atoms with E-state index in [1.54, 1.807) is 12.1 Å². The minimum absolute atomic E-state index is 0.00627. The van der Waals surface area contributed by atoms with Crippen LogP contribution in [0, 0.1) is 6.92 Å². The number of benzene rings is 2. The molecule has 1 aliphatic carbocycles. The van der Waals surface area contributed by atoms with Crippen LogP contribution in [-0.2, 0) is 19.6 Å². The average Bonchev–Trinajstić information content (AvgIpc) is 3.14. The number of hydrogen-bond donors (Lipinski definition) is 3. The first kappa shape index (κ1) is 24.9. The van der Waals surface area contributed by atoms with Gasteiger partial charge in [0, 0.05) is 19.1 Å². The highest BCUT2D eigenvalue weighted by Crippen LogP contribution is 2.33. The van der Waals surface area contributed by atoms with Crippen LogP contribution in [0.2, 0.25) is 0 Å². The van der Waals surface area contributed by atoms with E-state index in [1.807, 2.05) is 25.1 Å². The van der Waals surface area contributed by atoms with E-state index in [1.165, 1.54) is 22.6 Å². The lowest BCUT2D eigenvalue weighted by Crippen LogP contribution is -2.40. The number of hydrogen-bond acceptors (Lipinski definition) is 5. The molecule has 0 bridgehead atoms. The van der Waals surface area contributed by atoms with Crippen molar-refractivity contribution in [3.8, 4) is 0 Å². The Bertz CT molecular complexity index is 1200. The number of aliphatic hydroxyl groups excluding tert-OH is 1. The van der Waals surface area contributed by atoms with E-state index in [-0.39, 0.29) is 36.1 Å². The standard InChI is InChI=1S/C26H31N3O5S/c1-18-7-13-22(14-8-18)35(33,34)27-15-16-29-17-23(24(30)26(29)32)25(31)28-21-11-9-20(10-12-21)19-5-3-2-4-6-19/h2-8,13-14,20-21,27,30H,9-12,15-17H2,1H3,(H,28,31). The lowest BCUT2D eigenvalue weighted by Gasteiger charge is -2.29.